The van der Waals surface area contributed by atoms with E-state index in [0.29, 0.717) is 114 Å². The molecular weight excluding hydrogens is 837 g/mol. The molecule has 0 saturated carbocycles. The van der Waals surface area contributed by atoms with Crippen molar-refractivity contribution < 1.29 is 37.9 Å². The topological polar surface area (TPSA) is 151 Å². The van der Waals surface area contributed by atoms with Crippen LogP contribution in [0, 0.1) is 0 Å². The second kappa shape index (κ2) is 24.6. The van der Waals surface area contributed by atoms with Crippen molar-refractivity contribution in [2.75, 3.05) is 79.3 Å². The Labute approximate surface area is 383 Å². The fraction of sp³-hybridized carbons (Fsp3) is 0.231. The predicted octanol–water partition coefficient (Wildman–Crippen LogP) is 8.86. The molecular formula is C52H50N6O8. The lowest BCUT2D eigenvalue weighted by molar-refractivity contribution is 0.0273. The number of fused-ring (bicyclic) bond motifs is 1. The van der Waals surface area contributed by atoms with Crippen molar-refractivity contribution in [1.82, 2.24) is 29.9 Å². The van der Waals surface area contributed by atoms with E-state index < -0.39 is 0 Å². The molecule has 6 aromatic heterocycles. The predicted molar refractivity (Wildman–Crippen MR) is 251 cm³/mol. The summed E-state index contributed by atoms with van der Waals surface area (Å²) in [7, 11) is 0. The van der Waals surface area contributed by atoms with Gasteiger partial charge in [0.1, 0.15) is 49.4 Å². The van der Waals surface area contributed by atoms with Crippen molar-refractivity contribution in [3.05, 3.63) is 158 Å². The maximum absolute atomic E-state index is 6.04. The van der Waals surface area contributed by atoms with Crippen LogP contribution in [0.3, 0.4) is 0 Å². The summed E-state index contributed by atoms with van der Waals surface area (Å²) in [6.45, 7) is 4.95. The highest BCUT2D eigenvalue weighted by atomic mass is 16.6. The maximum atomic E-state index is 6.04. The molecule has 0 unspecified atom stereocenters. The summed E-state index contributed by atoms with van der Waals surface area (Å²) in [4.78, 5) is 27.3. The van der Waals surface area contributed by atoms with Crippen molar-refractivity contribution in [1.29, 1.82) is 0 Å². The Bertz CT molecular complexity index is 2390. The summed E-state index contributed by atoms with van der Waals surface area (Å²) in [6, 6.07) is 42.3. The van der Waals surface area contributed by atoms with Gasteiger partial charge in [-0.25, -0.2) is 9.97 Å². The first-order chi connectivity index (χ1) is 32.7. The number of nitrogens with zero attached hydrogens (tertiary/aromatic N) is 6. The number of hydrogen-bond acceptors (Lipinski definition) is 14. The molecule has 66 heavy (non-hydrogen) atoms. The second-order valence-corrected chi connectivity index (χ2v) is 14.5. The van der Waals surface area contributed by atoms with Gasteiger partial charge in [0, 0.05) is 49.1 Å². The van der Waals surface area contributed by atoms with Crippen molar-refractivity contribution in [2.45, 2.75) is 0 Å². The van der Waals surface area contributed by atoms with Crippen molar-refractivity contribution in [3.8, 4) is 68.5 Å². The lowest BCUT2D eigenvalue weighted by Gasteiger charge is -2.12. The Balaban J connectivity index is 0.672. The number of hydrogen-bond donors (Lipinski definition) is 0. The average molecular weight is 887 g/mol. The van der Waals surface area contributed by atoms with Gasteiger partial charge in [0.25, 0.3) is 0 Å². The fourth-order valence-corrected chi connectivity index (χ4v) is 6.66. The number of ether oxygens (including phenoxy) is 8. The minimum Gasteiger partial charge on any atom is -0.491 e. The molecule has 0 radical (unpaired) electrons. The molecule has 0 aliphatic rings. The zero-order chi connectivity index (χ0) is 44.9. The van der Waals surface area contributed by atoms with Gasteiger partial charge in [-0.15, -0.1) is 0 Å². The summed E-state index contributed by atoms with van der Waals surface area (Å²) in [6.07, 6.45) is 6.97. The highest BCUT2D eigenvalue weighted by molar-refractivity contribution is 5.85. The standard InChI is InChI=1S/C52H50N6O8/c1-5-17-53-45(9-1)49-35-43(36-50(57-49)46-10-2-6-18-54-46)65-31-27-61-23-21-59-25-29-63-41-15-13-39-14-16-42(34-40(39)33-41)64-30-26-60-22-24-62-28-32-66-44-37-51(47-11-3-7-19-55-47)58-52(38-44)48-12-4-8-20-56-48/h1-20,33-38H,21-32H2. The van der Waals surface area contributed by atoms with E-state index in [9.17, 15) is 0 Å². The molecule has 0 amide bonds. The van der Waals surface area contributed by atoms with Gasteiger partial charge in [0.15, 0.2) is 0 Å². The molecule has 6 heterocycles. The van der Waals surface area contributed by atoms with E-state index in [4.69, 9.17) is 47.9 Å². The van der Waals surface area contributed by atoms with Gasteiger partial charge in [-0.2, -0.15) is 0 Å². The molecule has 14 heteroatoms. The molecule has 0 atom stereocenters. The van der Waals surface area contributed by atoms with Crippen LogP contribution < -0.4 is 18.9 Å². The molecule has 0 aliphatic heterocycles. The quantitative estimate of drug-likeness (QED) is 0.0476. The van der Waals surface area contributed by atoms with Crippen LogP contribution in [0.4, 0.5) is 0 Å². The minimum absolute atomic E-state index is 0.367. The Kier molecular flexibility index (Phi) is 16.9. The van der Waals surface area contributed by atoms with Crippen LogP contribution in [0.5, 0.6) is 23.0 Å². The van der Waals surface area contributed by atoms with Crippen LogP contribution in [-0.2, 0) is 18.9 Å². The Morgan fingerprint density at radius 2 is 0.561 bits per heavy atom. The maximum Gasteiger partial charge on any atom is 0.123 e. The summed E-state index contributed by atoms with van der Waals surface area (Å²) in [5.41, 5.74) is 5.85. The van der Waals surface area contributed by atoms with Crippen LogP contribution in [0.1, 0.15) is 0 Å². The monoisotopic (exact) mass is 886 g/mol. The largest absolute Gasteiger partial charge is 0.491 e. The van der Waals surface area contributed by atoms with Crippen molar-refractivity contribution in [3.63, 3.8) is 0 Å². The molecule has 0 N–H and O–H groups in total. The Morgan fingerprint density at radius 1 is 0.258 bits per heavy atom. The first-order valence-corrected chi connectivity index (χ1v) is 21.8. The van der Waals surface area contributed by atoms with Crippen LogP contribution in [0.25, 0.3) is 56.3 Å². The van der Waals surface area contributed by atoms with E-state index in [0.717, 1.165) is 45.0 Å². The van der Waals surface area contributed by atoms with Gasteiger partial charge in [-0.1, -0.05) is 36.4 Å². The smallest absolute Gasteiger partial charge is 0.123 e. The molecule has 8 aromatic rings. The first kappa shape index (κ1) is 45.2. The molecule has 0 saturated heterocycles. The number of benzene rings is 2. The SMILES string of the molecule is c1ccc(-c2cc(OCCOCCOCCOc3ccc4ccc(OCCOCCOCCOc5cc(-c6ccccn6)nc(-c6ccccn6)c5)cc4c3)cc(-c3ccccn3)n2)nc1. The van der Waals surface area contributed by atoms with E-state index in [-0.39, 0.29) is 0 Å². The Morgan fingerprint density at radius 3 is 0.864 bits per heavy atom. The summed E-state index contributed by atoms with van der Waals surface area (Å²) in [5, 5.41) is 2.10. The van der Waals surface area contributed by atoms with Crippen LogP contribution in [-0.4, -0.2) is 109 Å². The van der Waals surface area contributed by atoms with Crippen molar-refractivity contribution in [2.24, 2.45) is 0 Å². The third-order valence-electron chi connectivity index (χ3n) is 9.82. The third kappa shape index (κ3) is 13.8. The normalized spacial score (nSPS) is 11.1. The van der Waals surface area contributed by atoms with Gasteiger partial charge in [-0.3, -0.25) is 19.9 Å². The number of pyridine rings is 6. The molecule has 14 nitrogen and oxygen atoms in total. The molecule has 0 bridgehead atoms. The third-order valence-corrected chi connectivity index (χ3v) is 9.82. The first-order valence-electron chi connectivity index (χ1n) is 21.8. The average Bonchev–Trinajstić information content (AvgIpc) is 3.38. The van der Waals surface area contributed by atoms with Gasteiger partial charge in [0.2, 0.25) is 0 Å². The van der Waals surface area contributed by atoms with E-state index in [1.54, 1.807) is 24.8 Å². The summed E-state index contributed by atoms with van der Waals surface area (Å²) >= 11 is 0. The zero-order valence-electron chi connectivity index (χ0n) is 36.4. The van der Waals surface area contributed by atoms with E-state index in [1.165, 1.54) is 0 Å². The van der Waals surface area contributed by atoms with Gasteiger partial charge in [0.05, 0.1) is 98.4 Å². The van der Waals surface area contributed by atoms with Gasteiger partial charge < -0.3 is 37.9 Å². The summed E-state index contributed by atoms with van der Waals surface area (Å²) < 4.78 is 47.0. The van der Waals surface area contributed by atoms with Gasteiger partial charge >= 0.3 is 0 Å². The van der Waals surface area contributed by atoms with E-state index >= 15 is 0 Å². The second-order valence-electron chi connectivity index (χ2n) is 14.5. The van der Waals surface area contributed by atoms with E-state index in [2.05, 4.69) is 19.9 Å². The lowest BCUT2D eigenvalue weighted by atomic mass is 10.1. The van der Waals surface area contributed by atoms with Crippen molar-refractivity contribution >= 4 is 10.8 Å². The fourth-order valence-electron chi connectivity index (χ4n) is 6.66. The molecule has 0 aliphatic carbocycles. The molecule has 8 rings (SSSR count). The molecule has 0 spiro atoms. The Hall–Kier alpha value is -7.36. The molecule has 2 aromatic carbocycles. The van der Waals surface area contributed by atoms with Gasteiger partial charge in [-0.05, 0) is 83.6 Å². The highest BCUT2D eigenvalue weighted by Crippen LogP contribution is 2.29. The summed E-state index contributed by atoms with van der Waals surface area (Å²) in [5.74, 6) is 2.84. The lowest BCUT2D eigenvalue weighted by Crippen LogP contribution is -2.13. The molecule has 336 valence electrons. The van der Waals surface area contributed by atoms with Crippen LogP contribution in [0.15, 0.2) is 158 Å². The number of rotatable bonds is 26. The minimum atomic E-state index is 0.367. The highest BCUT2D eigenvalue weighted by Gasteiger charge is 2.12. The van der Waals surface area contributed by atoms with E-state index in [1.807, 2.05) is 133 Å². The van der Waals surface area contributed by atoms with Crippen LogP contribution in [0.2, 0.25) is 0 Å². The molecule has 0 fully saturated rings. The zero-order valence-corrected chi connectivity index (χ0v) is 36.4. The number of aromatic nitrogens is 6. The van der Waals surface area contributed by atoms with Crippen LogP contribution >= 0.6 is 0 Å².